The minimum atomic E-state index is -1.10. The highest BCUT2D eigenvalue weighted by atomic mass is 35.5. The lowest BCUT2D eigenvalue weighted by atomic mass is 9.95. The molecule has 0 bridgehead atoms. The quantitative estimate of drug-likeness (QED) is 0.261. The molecule has 214 valence electrons. The van der Waals surface area contributed by atoms with Crippen molar-refractivity contribution in [3.63, 3.8) is 0 Å². The van der Waals surface area contributed by atoms with Crippen LogP contribution in [0.1, 0.15) is 57.1 Å². The molecule has 0 radical (unpaired) electrons. The summed E-state index contributed by atoms with van der Waals surface area (Å²) in [4.78, 5) is 50.4. The van der Waals surface area contributed by atoms with Crippen LogP contribution in [-0.2, 0) is 9.53 Å². The number of hydrogen-bond donors (Lipinski definition) is 2. The SMILES string of the molecule is C=C[C@@H]1C[C@]1(CO)CN(C(=O)c1cnn(-c2ncc(Cl)cn2)c1)C(C(=O)NC1CC1)c1cc(C)cc(C(=O)OC)c1. The van der Waals surface area contributed by atoms with E-state index in [1.165, 1.54) is 41.5 Å². The summed E-state index contributed by atoms with van der Waals surface area (Å²) in [5.74, 6) is -1.22. The summed E-state index contributed by atoms with van der Waals surface area (Å²) >= 11 is 5.91. The van der Waals surface area contributed by atoms with Gasteiger partial charge in [0.1, 0.15) is 6.04 Å². The van der Waals surface area contributed by atoms with Gasteiger partial charge in [0.15, 0.2) is 0 Å². The maximum absolute atomic E-state index is 14.3. The van der Waals surface area contributed by atoms with Crippen molar-refractivity contribution in [1.29, 1.82) is 0 Å². The van der Waals surface area contributed by atoms with Crippen LogP contribution in [0.3, 0.4) is 0 Å². The van der Waals surface area contributed by atoms with Crippen LogP contribution in [-0.4, -0.2) is 73.8 Å². The first-order valence-corrected chi connectivity index (χ1v) is 13.6. The van der Waals surface area contributed by atoms with Gasteiger partial charge in [0, 0.05) is 24.2 Å². The Hall–Kier alpha value is -4.09. The van der Waals surface area contributed by atoms with Crippen molar-refractivity contribution in [2.75, 3.05) is 20.3 Å². The van der Waals surface area contributed by atoms with Crippen LogP contribution < -0.4 is 5.32 Å². The topological polar surface area (TPSA) is 140 Å². The van der Waals surface area contributed by atoms with Crippen molar-refractivity contribution < 1.29 is 24.2 Å². The van der Waals surface area contributed by atoms with E-state index in [9.17, 15) is 19.5 Å². The predicted molar refractivity (Wildman–Crippen MR) is 149 cm³/mol. The van der Waals surface area contributed by atoms with E-state index in [2.05, 4.69) is 27.0 Å². The third-order valence-corrected chi connectivity index (χ3v) is 7.75. The smallest absolute Gasteiger partial charge is 0.337 e. The Morgan fingerprint density at radius 1 is 1.24 bits per heavy atom. The number of aromatic nitrogens is 4. The number of rotatable bonds is 11. The molecule has 2 aliphatic carbocycles. The second kappa shape index (κ2) is 11.4. The second-order valence-corrected chi connectivity index (χ2v) is 11.1. The summed E-state index contributed by atoms with van der Waals surface area (Å²) in [6.45, 7) is 5.56. The number of methoxy groups -OCH3 is 1. The molecule has 2 saturated carbocycles. The van der Waals surface area contributed by atoms with Crippen molar-refractivity contribution >= 4 is 29.4 Å². The van der Waals surface area contributed by atoms with Crippen molar-refractivity contribution in [2.45, 2.75) is 38.3 Å². The Labute approximate surface area is 242 Å². The minimum absolute atomic E-state index is 0.0188. The van der Waals surface area contributed by atoms with Gasteiger partial charge in [-0.25, -0.2) is 19.4 Å². The fourth-order valence-corrected chi connectivity index (χ4v) is 5.16. The number of aliphatic hydroxyl groups excluding tert-OH is 1. The largest absolute Gasteiger partial charge is 0.465 e. The number of nitrogens with zero attached hydrogens (tertiary/aromatic N) is 5. The molecule has 0 aliphatic heterocycles. The lowest BCUT2D eigenvalue weighted by Gasteiger charge is -2.34. The van der Waals surface area contributed by atoms with Crippen LogP contribution in [0.5, 0.6) is 0 Å². The van der Waals surface area contributed by atoms with Gasteiger partial charge in [0.2, 0.25) is 5.91 Å². The normalized spacial score (nSPS) is 20.1. The average molecular weight is 579 g/mol. The third kappa shape index (κ3) is 6.01. The van der Waals surface area contributed by atoms with Crippen LogP contribution >= 0.6 is 11.6 Å². The zero-order valence-corrected chi connectivity index (χ0v) is 23.5. The van der Waals surface area contributed by atoms with Gasteiger partial charge >= 0.3 is 5.97 Å². The Balaban J connectivity index is 1.59. The number of allylic oxidation sites excluding steroid dienone is 1. The Morgan fingerprint density at radius 2 is 1.98 bits per heavy atom. The van der Waals surface area contributed by atoms with Gasteiger partial charge in [-0.1, -0.05) is 23.7 Å². The van der Waals surface area contributed by atoms with Crippen LogP contribution in [0, 0.1) is 18.3 Å². The van der Waals surface area contributed by atoms with Crippen LogP contribution in [0.4, 0.5) is 0 Å². The lowest BCUT2D eigenvalue weighted by molar-refractivity contribution is -0.126. The summed E-state index contributed by atoms with van der Waals surface area (Å²) in [5, 5.41) is 18.0. The van der Waals surface area contributed by atoms with E-state index < -0.39 is 23.3 Å². The van der Waals surface area contributed by atoms with Gasteiger partial charge < -0.3 is 20.1 Å². The van der Waals surface area contributed by atoms with Crippen molar-refractivity contribution in [3.05, 3.63) is 82.9 Å². The number of nitrogens with one attached hydrogen (secondary N) is 1. The maximum Gasteiger partial charge on any atom is 0.337 e. The fraction of sp³-hybridized carbons (Fsp3) is 0.379. The summed E-state index contributed by atoms with van der Waals surface area (Å²) in [5.41, 5.74) is 0.977. The van der Waals surface area contributed by atoms with E-state index in [0.717, 1.165) is 18.4 Å². The van der Waals surface area contributed by atoms with Gasteiger partial charge in [-0.3, -0.25) is 9.59 Å². The predicted octanol–water partition coefficient (Wildman–Crippen LogP) is 3.06. The maximum atomic E-state index is 14.3. The molecule has 2 amide bonds. The third-order valence-electron chi connectivity index (χ3n) is 7.56. The van der Waals surface area contributed by atoms with Crippen molar-refractivity contribution in [3.8, 4) is 5.95 Å². The highest BCUT2D eigenvalue weighted by Crippen LogP contribution is 2.54. The number of benzene rings is 1. The highest BCUT2D eigenvalue weighted by Gasteiger charge is 2.54. The number of ether oxygens (including phenoxy) is 1. The number of hydrogen-bond acceptors (Lipinski definition) is 8. The summed E-state index contributed by atoms with van der Waals surface area (Å²) in [7, 11) is 1.28. The molecule has 3 atom stereocenters. The number of carbonyl (C=O) groups excluding carboxylic acids is 3. The molecule has 1 aromatic carbocycles. The highest BCUT2D eigenvalue weighted by molar-refractivity contribution is 6.30. The monoisotopic (exact) mass is 578 g/mol. The first-order valence-electron chi connectivity index (χ1n) is 13.3. The molecule has 2 aromatic heterocycles. The van der Waals surface area contributed by atoms with E-state index in [1.807, 2.05) is 0 Å². The molecule has 3 aromatic rings. The number of esters is 1. The van der Waals surface area contributed by atoms with E-state index in [1.54, 1.807) is 31.2 Å². The number of aliphatic hydroxyl groups is 1. The van der Waals surface area contributed by atoms with Gasteiger partial charge in [-0.05, 0) is 55.4 Å². The average Bonchev–Trinajstić information content (AvgIpc) is 3.87. The van der Waals surface area contributed by atoms with Gasteiger partial charge in [-0.15, -0.1) is 6.58 Å². The van der Waals surface area contributed by atoms with E-state index >= 15 is 0 Å². The molecule has 0 spiro atoms. The van der Waals surface area contributed by atoms with Gasteiger partial charge in [0.05, 0.1) is 48.5 Å². The molecule has 0 saturated heterocycles. The Kier molecular flexibility index (Phi) is 7.92. The first-order chi connectivity index (χ1) is 19.7. The molecular weight excluding hydrogens is 548 g/mol. The standard InChI is InChI=1S/C29H31ClN6O5/c1-4-21-10-29(21,16-37)15-35(26(39)20-11-33-36(14-20)28-31-12-22(30)13-32-28)24(25(38)34-23-5-6-23)18-7-17(2)8-19(9-18)27(40)41-3/h4,7-9,11-14,21,23-24,37H,1,5-6,10,15-16H2,2-3H3,(H,34,38)/t21-,24?,29-/m1/s1. The fourth-order valence-electron chi connectivity index (χ4n) is 5.06. The van der Waals surface area contributed by atoms with Crippen LogP contribution in [0.25, 0.3) is 5.95 Å². The van der Waals surface area contributed by atoms with Crippen molar-refractivity contribution in [2.24, 2.45) is 11.3 Å². The molecule has 11 nitrogen and oxygen atoms in total. The first kappa shape index (κ1) is 28.4. The molecule has 12 heteroatoms. The number of carbonyl (C=O) groups is 3. The molecule has 2 N–H and O–H groups in total. The van der Waals surface area contributed by atoms with Crippen LogP contribution in [0.2, 0.25) is 5.02 Å². The van der Waals surface area contributed by atoms with Gasteiger partial charge in [0.25, 0.3) is 11.9 Å². The second-order valence-electron chi connectivity index (χ2n) is 10.7. The Bertz CT molecular complexity index is 1490. The summed E-state index contributed by atoms with van der Waals surface area (Å²) < 4.78 is 6.27. The molecule has 2 heterocycles. The summed E-state index contributed by atoms with van der Waals surface area (Å²) in [6, 6.07) is 3.93. The number of halogens is 1. The molecule has 2 fully saturated rings. The van der Waals surface area contributed by atoms with Gasteiger partial charge in [-0.2, -0.15) is 5.10 Å². The summed E-state index contributed by atoms with van der Waals surface area (Å²) in [6.07, 6.45) is 9.77. The lowest BCUT2D eigenvalue weighted by Crippen LogP contribution is -2.47. The zero-order chi connectivity index (χ0) is 29.3. The van der Waals surface area contributed by atoms with E-state index in [4.69, 9.17) is 16.3 Å². The van der Waals surface area contributed by atoms with Crippen LogP contribution in [0.15, 0.2) is 55.6 Å². The molecule has 5 rings (SSSR count). The molecule has 1 unspecified atom stereocenters. The Morgan fingerprint density at radius 3 is 2.59 bits per heavy atom. The van der Waals surface area contributed by atoms with E-state index in [-0.39, 0.29) is 48.1 Å². The van der Waals surface area contributed by atoms with Crippen molar-refractivity contribution in [1.82, 2.24) is 30.0 Å². The number of aryl methyl sites for hydroxylation is 1. The number of amides is 2. The molecule has 41 heavy (non-hydrogen) atoms. The van der Waals surface area contributed by atoms with E-state index in [0.29, 0.717) is 17.0 Å². The zero-order valence-electron chi connectivity index (χ0n) is 22.8. The molecular formula is C29H31ClN6O5. The molecule has 2 aliphatic rings. The minimum Gasteiger partial charge on any atom is -0.465 e.